The van der Waals surface area contributed by atoms with Crippen molar-refractivity contribution in [3.63, 3.8) is 0 Å². The van der Waals surface area contributed by atoms with Gasteiger partial charge in [0.25, 0.3) is 0 Å². The summed E-state index contributed by atoms with van der Waals surface area (Å²) in [4.78, 5) is 10.3. The summed E-state index contributed by atoms with van der Waals surface area (Å²) < 4.78 is 5.56. The number of carboxylic acid groups (broad SMARTS) is 1. The molecule has 2 rings (SSSR count). The lowest BCUT2D eigenvalue weighted by atomic mass is 10.0. The molecule has 0 fully saturated rings. The first-order valence-corrected chi connectivity index (χ1v) is 5.13. The van der Waals surface area contributed by atoms with Crippen molar-refractivity contribution in [1.29, 1.82) is 0 Å². The van der Waals surface area contributed by atoms with E-state index in [1.807, 2.05) is 25.1 Å². The molecule has 1 aliphatic heterocycles. The summed E-state index contributed by atoms with van der Waals surface area (Å²) in [7, 11) is 0. The Balaban J connectivity index is 2.09. The Morgan fingerprint density at radius 2 is 2.40 bits per heavy atom. The average Bonchev–Trinajstić information content (AvgIpc) is 2.53. The third-order valence-corrected chi connectivity index (χ3v) is 2.58. The summed E-state index contributed by atoms with van der Waals surface area (Å²) in [6, 6.07) is 5.87. The Bertz CT molecular complexity index is 384. The molecule has 3 heteroatoms. The van der Waals surface area contributed by atoms with E-state index < -0.39 is 5.97 Å². The molecule has 1 atom stereocenters. The summed E-state index contributed by atoms with van der Waals surface area (Å²) in [5, 5.41) is 10.3. The van der Waals surface area contributed by atoms with E-state index in [2.05, 4.69) is 0 Å². The third kappa shape index (κ3) is 2.29. The van der Waals surface area contributed by atoms with E-state index in [0.29, 0.717) is 6.42 Å². The van der Waals surface area contributed by atoms with Crippen LogP contribution in [0.15, 0.2) is 18.2 Å². The fraction of sp³-hybridized carbons (Fsp3) is 0.417. The molecule has 1 aromatic rings. The van der Waals surface area contributed by atoms with Gasteiger partial charge in [0.2, 0.25) is 0 Å². The van der Waals surface area contributed by atoms with Crippen LogP contribution in [0.3, 0.4) is 0 Å². The summed E-state index contributed by atoms with van der Waals surface area (Å²) in [6.45, 7) is 2.03. The third-order valence-electron chi connectivity index (χ3n) is 2.58. The smallest absolute Gasteiger partial charge is 0.123 e. The number of carbonyl (C=O) groups excluding carboxylic acids is 1. The van der Waals surface area contributed by atoms with Crippen LogP contribution in [0.1, 0.15) is 24.5 Å². The van der Waals surface area contributed by atoms with E-state index in [4.69, 9.17) is 4.74 Å². The van der Waals surface area contributed by atoms with Gasteiger partial charge in [-0.15, -0.1) is 0 Å². The maximum Gasteiger partial charge on any atom is 0.123 e. The molecule has 0 bridgehead atoms. The molecule has 80 valence electrons. The monoisotopic (exact) mass is 205 g/mol. The van der Waals surface area contributed by atoms with Gasteiger partial charge in [-0.3, -0.25) is 0 Å². The highest BCUT2D eigenvalue weighted by molar-refractivity contribution is 5.64. The summed E-state index contributed by atoms with van der Waals surface area (Å²) >= 11 is 0. The van der Waals surface area contributed by atoms with Gasteiger partial charge >= 0.3 is 0 Å². The maximum atomic E-state index is 10.3. The minimum absolute atomic E-state index is 0.0786. The molecule has 1 aromatic carbocycles. The van der Waals surface area contributed by atoms with Crippen LogP contribution in [0, 0.1) is 0 Å². The molecule has 0 aliphatic carbocycles. The van der Waals surface area contributed by atoms with Crippen molar-refractivity contribution in [3.8, 4) is 5.75 Å². The van der Waals surface area contributed by atoms with E-state index in [-0.39, 0.29) is 12.5 Å². The van der Waals surface area contributed by atoms with Crippen LogP contribution < -0.4 is 9.84 Å². The van der Waals surface area contributed by atoms with Gasteiger partial charge in [0.1, 0.15) is 11.9 Å². The SMILES string of the molecule is C[C@@H]1Cc2cc(CCC(=O)[O-])ccc2O1. The van der Waals surface area contributed by atoms with Gasteiger partial charge in [0.15, 0.2) is 0 Å². The van der Waals surface area contributed by atoms with Crippen LogP contribution in [0.4, 0.5) is 0 Å². The molecule has 0 radical (unpaired) electrons. The zero-order valence-corrected chi connectivity index (χ0v) is 8.66. The lowest BCUT2D eigenvalue weighted by Gasteiger charge is -2.05. The van der Waals surface area contributed by atoms with Crippen molar-refractivity contribution in [2.24, 2.45) is 0 Å². The van der Waals surface area contributed by atoms with Crippen LogP contribution in [0.2, 0.25) is 0 Å². The van der Waals surface area contributed by atoms with Gasteiger partial charge < -0.3 is 14.6 Å². The topological polar surface area (TPSA) is 49.4 Å². The Kier molecular flexibility index (Phi) is 2.62. The van der Waals surface area contributed by atoms with Crippen LogP contribution in [-0.4, -0.2) is 12.1 Å². The number of rotatable bonds is 3. The summed E-state index contributed by atoms with van der Waals surface area (Å²) in [5.74, 6) is -0.0696. The Morgan fingerprint density at radius 1 is 1.60 bits per heavy atom. The molecule has 3 nitrogen and oxygen atoms in total. The van der Waals surface area contributed by atoms with Crippen molar-refractivity contribution in [2.75, 3.05) is 0 Å². The summed E-state index contributed by atoms with van der Waals surface area (Å²) in [6.07, 6.45) is 1.75. The average molecular weight is 205 g/mol. The maximum absolute atomic E-state index is 10.3. The second-order valence-electron chi connectivity index (χ2n) is 3.95. The van der Waals surface area contributed by atoms with Crippen molar-refractivity contribution in [3.05, 3.63) is 29.3 Å². The first-order valence-electron chi connectivity index (χ1n) is 5.13. The number of carboxylic acids is 1. The molecule has 0 spiro atoms. The van der Waals surface area contributed by atoms with Crippen LogP contribution in [0.25, 0.3) is 0 Å². The molecule has 0 aromatic heterocycles. The molecule has 1 heterocycles. The van der Waals surface area contributed by atoms with Crippen molar-refractivity contribution < 1.29 is 14.6 Å². The number of aliphatic carboxylic acids is 1. The van der Waals surface area contributed by atoms with E-state index in [1.165, 1.54) is 5.56 Å². The highest BCUT2D eigenvalue weighted by atomic mass is 16.5. The fourth-order valence-electron chi connectivity index (χ4n) is 1.88. The molecular formula is C12H13O3-. The predicted octanol–water partition coefficient (Wildman–Crippen LogP) is 0.692. The highest BCUT2D eigenvalue weighted by Crippen LogP contribution is 2.29. The lowest BCUT2D eigenvalue weighted by Crippen LogP contribution is -2.22. The van der Waals surface area contributed by atoms with E-state index >= 15 is 0 Å². The van der Waals surface area contributed by atoms with Crippen LogP contribution in [0.5, 0.6) is 5.75 Å². The number of hydrogen-bond acceptors (Lipinski definition) is 3. The molecule has 15 heavy (non-hydrogen) atoms. The number of hydrogen-bond donors (Lipinski definition) is 0. The zero-order chi connectivity index (χ0) is 10.8. The minimum Gasteiger partial charge on any atom is -0.550 e. The molecule has 0 unspecified atom stereocenters. The van der Waals surface area contributed by atoms with Crippen LogP contribution in [-0.2, 0) is 17.6 Å². The van der Waals surface area contributed by atoms with Gasteiger partial charge in [-0.2, -0.15) is 0 Å². The Labute approximate surface area is 88.7 Å². The number of fused-ring (bicyclic) bond motifs is 1. The molecular weight excluding hydrogens is 192 g/mol. The second-order valence-corrected chi connectivity index (χ2v) is 3.95. The van der Waals surface area contributed by atoms with Crippen molar-refractivity contribution in [1.82, 2.24) is 0 Å². The van der Waals surface area contributed by atoms with Gasteiger partial charge in [-0.1, -0.05) is 12.1 Å². The lowest BCUT2D eigenvalue weighted by molar-refractivity contribution is -0.305. The summed E-state index contributed by atoms with van der Waals surface area (Å²) in [5.41, 5.74) is 2.22. The molecule has 1 aliphatic rings. The largest absolute Gasteiger partial charge is 0.550 e. The van der Waals surface area contributed by atoms with Gasteiger partial charge in [-0.05, 0) is 37.0 Å². The number of carbonyl (C=O) groups is 1. The predicted molar refractivity (Wildman–Crippen MR) is 53.6 cm³/mol. The van der Waals surface area contributed by atoms with E-state index in [0.717, 1.165) is 17.7 Å². The Morgan fingerprint density at radius 3 is 3.13 bits per heavy atom. The van der Waals surface area contributed by atoms with Crippen molar-refractivity contribution in [2.45, 2.75) is 32.3 Å². The number of ether oxygens (including phenoxy) is 1. The van der Waals surface area contributed by atoms with Gasteiger partial charge in [-0.25, -0.2) is 0 Å². The van der Waals surface area contributed by atoms with Crippen molar-refractivity contribution >= 4 is 5.97 Å². The zero-order valence-electron chi connectivity index (χ0n) is 8.66. The van der Waals surface area contributed by atoms with Gasteiger partial charge in [0, 0.05) is 12.4 Å². The van der Waals surface area contributed by atoms with E-state index in [1.54, 1.807) is 0 Å². The molecule has 0 saturated carbocycles. The fourth-order valence-corrected chi connectivity index (χ4v) is 1.88. The molecule has 0 amide bonds. The first kappa shape index (κ1) is 10.0. The molecule has 0 saturated heterocycles. The van der Waals surface area contributed by atoms with Crippen LogP contribution >= 0.6 is 0 Å². The normalized spacial score (nSPS) is 18.3. The Hall–Kier alpha value is -1.51. The highest BCUT2D eigenvalue weighted by Gasteiger charge is 2.18. The van der Waals surface area contributed by atoms with Gasteiger partial charge in [0.05, 0.1) is 0 Å². The number of aryl methyl sites for hydroxylation is 1. The minimum atomic E-state index is -1.000. The first-order chi connectivity index (χ1) is 7.15. The van der Waals surface area contributed by atoms with E-state index in [9.17, 15) is 9.90 Å². The number of benzene rings is 1. The second kappa shape index (κ2) is 3.93. The standard InChI is InChI=1S/C12H14O3/c1-8-6-10-7-9(3-5-12(13)14)2-4-11(10)15-8/h2,4,7-8H,3,5-6H2,1H3,(H,13,14)/p-1/t8-/m1/s1. The molecule has 0 N–H and O–H groups in total. The quantitative estimate of drug-likeness (QED) is 0.729.